The normalized spacial score (nSPS) is 13.2. The first-order chi connectivity index (χ1) is 9.63. The number of nitrogens with zero attached hydrogens (tertiary/aromatic N) is 1. The van der Waals surface area contributed by atoms with Crippen molar-refractivity contribution >= 4 is 17.3 Å². The summed E-state index contributed by atoms with van der Waals surface area (Å²) in [4.78, 5) is 14.2. The highest BCUT2D eigenvalue weighted by Gasteiger charge is 2.16. The van der Waals surface area contributed by atoms with Gasteiger partial charge in [0, 0.05) is 30.5 Å². The molecule has 0 spiro atoms. The van der Waals surface area contributed by atoms with Crippen molar-refractivity contribution in [2.45, 2.75) is 6.42 Å². The summed E-state index contributed by atoms with van der Waals surface area (Å²) in [6.07, 6.45) is 0.992. The second-order valence-electron chi connectivity index (χ2n) is 4.98. The first-order valence-electron chi connectivity index (χ1n) is 6.54. The van der Waals surface area contributed by atoms with E-state index in [0.29, 0.717) is 5.56 Å². The molecule has 0 aliphatic carbocycles. The topological polar surface area (TPSA) is 32.3 Å². The number of likely N-dealkylation sites (N-methyl/N-ethyl adjacent to an activating group) is 1. The lowest BCUT2D eigenvalue weighted by Crippen LogP contribution is -2.13. The summed E-state index contributed by atoms with van der Waals surface area (Å²) < 4.78 is 12.8. The number of amides is 1. The Morgan fingerprint density at radius 2 is 1.95 bits per heavy atom. The lowest BCUT2D eigenvalue weighted by Gasteiger charge is -2.12. The van der Waals surface area contributed by atoms with Crippen LogP contribution in [-0.2, 0) is 6.42 Å². The fourth-order valence-electron chi connectivity index (χ4n) is 2.45. The average molecular weight is 270 g/mol. The first-order valence-corrected chi connectivity index (χ1v) is 6.54. The van der Waals surface area contributed by atoms with Gasteiger partial charge in [-0.3, -0.25) is 4.79 Å². The van der Waals surface area contributed by atoms with Gasteiger partial charge in [0.25, 0.3) is 5.91 Å². The zero-order valence-corrected chi connectivity index (χ0v) is 11.2. The summed E-state index contributed by atoms with van der Waals surface area (Å²) in [5, 5.41) is 2.84. The van der Waals surface area contributed by atoms with Crippen LogP contribution in [0.4, 0.5) is 15.8 Å². The molecule has 1 aliphatic heterocycles. The second-order valence-corrected chi connectivity index (χ2v) is 4.98. The minimum atomic E-state index is -0.345. The number of nitrogens with one attached hydrogen (secondary N) is 1. The van der Waals surface area contributed by atoms with Crippen molar-refractivity contribution in [1.29, 1.82) is 0 Å². The van der Waals surface area contributed by atoms with Crippen molar-refractivity contribution < 1.29 is 9.18 Å². The standard InChI is InChI=1S/C16H15FN2O/c1-19-9-8-12-10-14(6-7-15(12)19)18-16(20)11-2-4-13(17)5-3-11/h2-7,10H,8-9H2,1H3,(H,18,20). The molecule has 1 aliphatic rings. The molecule has 0 atom stereocenters. The molecule has 0 unspecified atom stereocenters. The van der Waals surface area contributed by atoms with Crippen molar-refractivity contribution in [2.24, 2.45) is 0 Å². The van der Waals surface area contributed by atoms with E-state index in [1.54, 1.807) is 0 Å². The molecule has 1 N–H and O–H groups in total. The largest absolute Gasteiger partial charge is 0.374 e. The summed E-state index contributed by atoms with van der Waals surface area (Å²) in [6.45, 7) is 1.00. The van der Waals surface area contributed by atoms with E-state index >= 15 is 0 Å². The molecule has 0 aromatic heterocycles. The highest BCUT2D eigenvalue weighted by molar-refractivity contribution is 6.04. The Hall–Kier alpha value is -2.36. The maximum Gasteiger partial charge on any atom is 0.255 e. The summed E-state index contributed by atoms with van der Waals surface area (Å²) >= 11 is 0. The molecule has 1 amide bonds. The van der Waals surface area contributed by atoms with Gasteiger partial charge in [-0.25, -0.2) is 4.39 Å². The first kappa shape index (κ1) is 12.7. The number of anilines is 2. The Balaban J connectivity index is 1.78. The van der Waals surface area contributed by atoms with Crippen LogP contribution in [0.15, 0.2) is 42.5 Å². The number of rotatable bonds is 2. The molecule has 3 nitrogen and oxygen atoms in total. The van der Waals surface area contributed by atoms with Gasteiger partial charge in [-0.1, -0.05) is 0 Å². The van der Waals surface area contributed by atoms with Crippen molar-refractivity contribution in [1.82, 2.24) is 0 Å². The predicted molar refractivity (Wildman–Crippen MR) is 77.8 cm³/mol. The summed E-state index contributed by atoms with van der Waals surface area (Å²) in [6, 6.07) is 11.4. The monoisotopic (exact) mass is 270 g/mol. The number of fused-ring (bicyclic) bond motifs is 1. The minimum absolute atomic E-state index is 0.226. The smallest absolute Gasteiger partial charge is 0.255 e. The van der Waals surface area contributed by atoms with E-state index in [0.717, 1.165) is 18.7 Å². The quantitative estimate of drug-likeness (QED) is 0.909. The summed E-state index contributed by atoms with van der Waals surface area (Å²) in [7, 11) is 2.06. The van der Waals surface area contributed by atoms with Crippen molar-refractivity contribution in [3.63, 3.8) is 0 Å². The van der Waals surface area contributed by atoms with Gasteiger partial charge in [-0.05, 0) is 54.4 Å². The molecule has 20 heavy (non-hydrogen) atoms. The van der Waals surface area contributed by atoms with E-state index in [1.165, 1.54) is 35.5 Å². The molecular formula is C16H15FN2O. The van der Waals surface area contributed by atoms with Crippen LogP contribution in [-0.4, -0.2) is 19.5 Å². The molecule has 102 valence electrons. The summed E-state index contributed by atoms with van der Waals surface area (Å²) in [5.41, 5.74) is 3.67. The van der Waals surface area contributed by atoms with Crippen molar-refractivity contribution in [3.8, 4) is 0 Å². The molecule has 2 aromatic rings. The molecule has 3 rings (SSSR count). The Labute approximate surface area is 117 Å². The van der Waals surface area contributed by atoms with Crippen LogP contribution < -0.4 is 10.2 Å². The number of hydrogen-bond acceptors (Lipinski definition) is 2. The third-order valence-electron chi connectivity index (χ3n) is 3.57. The fraction of sp³-hybridized carbons (Fsp3) is 0.188. The molecule has 0 bridgehead atoms. The Kier molecular flexibility index (Phi) is 3.14. The zero-order chi connectivity index (χ0) is 14.1. The van der Waals surface area contributed by atoms with E-state index < -0.39 is 0 Å². The fourth-order valence-corrected chi connectivity index (χ4v) is 2.45. The minimum Gasteiger partial charge on any atom is -0.374 e. The Bertz CT molecular complexity index is 652. The Morgan fingerprint density at radius 3 is 2.70 bits per heavy atom. The molecule has 0 radical (unpaired) electrons. The van der Waals surface area contributed by atoms with Crippen LogP contribution in [0.1, 0.15) is 15.9 Å². The zero-order valence-electron chi connectivity index (χ0n) is 11.2. The van der Waals surface area contributed by atoms with Gasteiger partial charge in [0.1, 0.15) is 5.82 Å². The van der Waals surface area contributed by atoms with Gasteiger partial charge in [0.05, 0.1) is 0 Å². The third-order valence-corrected chi connectivity index (χ3v) is 3.57. The predicted octanol–water partition coefficient (Wildman–Crippen LogP) is 3.07. The Morgan fingerprint density at radius 1 is 1.20 bits per heavy atom. The number of benzene rings is 2. The van der Waals surface area contributed by atoms with Crippen molar-refractivity contribution in [2.75, 3.05) is 23.8 Å². The number of carbonyl (C=O) groups excluding carboxylic acids is 1. The van der Waals surface area contributed by atoms with Gasteiger partial charge < -0.3 is 10.2 Å². The van der Waals surface area contributed by atoms with Crippen molar-refractivity contribution in [3.05, 3.63) is 59.4 Å². The van der Waals surface area contributed by atoms with Gasteiger partial charge in [0.15, 0.2) is 0 Å². The molecular weight excluding hydrogens is 255 g/mol. The molecule has 0 saturated heterocycles. The van der Waals surface area contributed by atoms with Gasteiger partial charge in [0.2, 0.25) is 0 Å². The summed E-state index contributed by atoms with van der Waals surface area (Å²) in [5.74, 6) is -0.571. The second kappa shape index (κ2) is 4.96. The maximum atomic E-state index is 12.8. The lowest BCUT2D eigenvalue weighted by molar-refractivity contribution is 0.102. The molecule has 4 heteroatoms. The lowest BCUT2D eigenvalue weighted by atomic mass is 10.1. The van der Waals surface area contributed by atoms with E-state index in [2.05, 4.69) is 17.3 Å². The number of halogens is 1. The van der Waals surface area contributed by atoms with Gasteiger partial charge in [-0.15, -0.1) is 0 Å². The number of hydrogen-bond donors (Lipinski definition) is 1. The SMILES string of the molecule is CN1CCc2cc(NC(=O)c3ccc(F)cc3)ccc21. The van der Waals surface area contributed by atoms with Crippen LogP contribution in [0.3, 0.4) is 0 Å². The van der Waals surface area contributed by atoms with Crippen LogP contribution >= 0.6 is 0 Å². The van der Waals surface area contributed by atoms with Gasteiger partial charge >= 0.3 is 0 Å². The molecule has 0 fully saturated rings. The molecule has 1 heterocycles. The van der Waals surface area contributed by atoms with Gasteiger partial charge in [-0.2, -0.15) is 0 Å². The number of carbonyl (C=O) groups is 1. The van der Waals surface area contributed by atoms with E-state index in [9.17, 15) is 9.18 Å². The third kappa shape index (κ3) is 2.37. The van der Waals surface area contributed by atoms with Crippen LogP contribution in [0.2, 0.25) is 0 Å². The highest BCUT2D eigenvalue weighted by atomic mass is 19.1. The van der Waals surface area contributed by atoms with Crippen LogP contribution in [0.5, 0.6) is 0 Å². The van der Waals surface area contributed by atoms with E-state index in [4.69, 9.17) is 0 Å². The molecule has 0 saturated carbocycles. The van der Waals surface area contributed by atoms with E-state index in [-0.39, 0.29) is 11.7 Å². The molecule has 2 aromatic carbocycles. The van der Waals surface area contributed by atoms with Crippen LogP contribution in [0.25, 0.3) is 0 Å². The maximum absolute atomic E-state index is 12.8. The highest BCUT2D eigenvalue weighted by Crippen LogP contribution is 2.29. The average Bonchev–Trinajstić information content (AvgIpc) is 2.81. The van der Waals surface area contributed by atoms with E-state index in [1.807, 2.05) is 18.2 Å². The van der Waals surface area contributed by atoms with Crippen LogP contribution in [0, 0.1) is 5.82 Å².